The summed E-state index contributed by atoms with van der Waals surface area (Å²) in [6, 6.07) is 14.4. The van der Waals surface area contributed by atoms with Crippen molar-refractivity contribution in [2.75, 3.05) is 18.8 Å². The number of rotatable bonds is 4. The van der Waals surface area contributed by atoms with Crippen LogP contribution in [0.1, 0.15) is 48.1 Å². The maximum atomic E-state index is 12.9. The highest BCUT2D eigenvalue weighted by molar-refractivity contribution is 7.99. The smallest absolute Gasteiger partial charge is 0.251 e. The number of amides is 1. The Hall–Kier alpha value is -1.83. The van der Waals surface area contributed by atoms with Gasteiger partial charge in [0.15, 0.2) is 0 Å². The molecule has 5 nitrogen and oxygen atoms in total. The Morgan fingerprint density at radius 2 is 1.86 bits per heavy atom. The van der Waals surface area contributed by atoms with Crippen molar-refractivity contribution >= 4 is 27.7 Å². The quantitative estimate of drug-likeness (QED) is 0.794. The third-order valence-corrected chi connectivity index (χ3v) is 8.64. The maximum Gasteiger partial charge on any atom is 0.251 e. The van der Waals surface area contributed by atoms with Gasteiger partial charge in [0.05, 0.1) is 10.9 Å². The molecule has 154 valence electrons. The standard InChI is InChI=1S/C22H26N2O3S2/c1-16-5-4-13-24(15-16)29(26,27)18-10-8-17(9-11-18)22(25)23-20-12-14-28-21-7-3-2-6-19(20)21/h2-3,6-11,16,20H,4-5,12-15H2,1H3,(H,23,25)/t16-,20+/m1/s1. The predicted molar refractivity (Wildman–Crippen MR) is 116 cm³/mol. The SMILES string of the molecule is C[C@@H]1CCCN(S(=O)(=O)c2ccc(C(=O)N[C@H]3CCSc4ccccc43)cc2)C1. The van der Waals surface area contributed by atoms with Crippen molar-refractivity contribution < 1.29 is 13.2 Å². The van der Waals surface area contributed by atoms with E-state index in [1.54, 1.807) is 28.6 Å². The molecule has 4 rings (SSSR count). The van der Waals surface area contributed by atoms with Gasteiger partial charge in [0.1, 0.15) is 0 Å². The first-order chi connectivity index (χ1) is 13.9. The van der Waals surface area contributed by atoms with Crippen molar-refractivity contribution in [3.8, 4) is 0 Å². The van der Waals surface area contributed by atoms with Crippen LogP contribution in [0.5, 0.6) is 0 Å². The van der Waals surface area contributed by atoms with E-state index in [9.17, 15) is 13.2 Å². The zero-order valence-corrected chi connectivity index (χ0v) is 18.1. The van der Waals surface area contributed by atoms with Crippen LogP contribution in [0.4, 0.5) is 0 Å². The molecule has 1 fully saturated rings. The molecule has 0 saturated carbocycles. The molecule has 7 heteroatoms. The van der Waals surface area contributed by atoms with E-state index in [0.29, 0.717) is 24.6 Å². The molecule has 0 unspecified atom stereocenters. The molecule has 2 aromatic rings. The number of nitrogens with zero attached hydrogens (tertiary/aromatic N) is 1. The fraction of sp³-hybridized carbons (Fsp3) is 0.409. The van der Waals surface area contributed by atoms with E-state index in [4.69, 9.17) is 0 Å². The Morgan fingerprint density at radius 1 is 1.10 bits per heavy atom. The van der Waals surface area contributed by atoms with Gasteiger partial charge in [-0.25, -0.2) is 8.42 Å². The van der Waals surface area contributed by atoms with Crippen molar-refractivity contribution in [2.45, 2.75) is 42.0 Å². The number of hydrogen-bond acceptors (Lipinski definition) is 4. The molecule has 2 aromatic carbocycles. The number of carbonyl (C=O) groups is 1. The predicted octanol–water partition coefficient (Wildman–Crippen LogP) is 4.07. The molecule has 0 radical (unpaired) electrons. The topological polar surface area (TPSA) is 66.5 Å². The van der Waals surface area contributed by atoms with Crippen LogP contribution in [0.2, 0.25) is 0 Å². The van der Waals surface area contributed by atoms with Crippen LogP contribution in [-0.2, 0) is 10.0 Å². The van der Waals surface area contributed by atoms with Crippen molar-refractivity contribution in [1.82, 2.24) is 9.62 Å². The van der Waals surface area contributed by atoms with Crippen LogP contribution in [0.25, 0.3) is 0 Å². The molecule has 0 bridgehead atoms. The monoisotopic (exact) mass is 430 g/mol. The highest BCUT2D eigenvalue weighted by Crippen LogP contribution is 2.36. The molecular formula is C22H26N2O3S2. The molecule has 2 heterocycles. The number of sulfonamides is 1. The molecular weight excluding hydrogens is 404 g/mol. The minimum atomic E-state index is -3.51. The van der Waals surface area contributed by atoms with Gasteiger partial charge in [0, 0.05) is 29.3 Å². The van der Waals surface area contributed by atoms with E-state index in [2.05, 4.69) is 24.4 Å². The number of nitrogens with one attached hydrogen (secondary N) is 1. The third kappa shape index (κ3) is 4.37. The van der Waals surface area contributed by atoms with E-state index in [1.165, 1.54) is 4.90 Å². The lowest BCUT2D eigenvalue weighted by Crippen LogP contribution is -2.39. The number of benzene rings is 2. The number of carbonyl (C=O) groups excluding carboxylic acids is 1. The minimum absolute atomic E-state index is 0.0156. The summed E-state index contributed by atoms with van der Waals surface area (Å²) in [5.74, 6) is 1.17. The molecule has 0 spiro atoms. The van der Waals surface area contributed by atoms with Gasteiger partial charge in [-0.1, -0.05) is 25.1 Å². The van der Waals surface area contributed by atoms with Crippen LogP contribution in [0.3, 0.4) is 0 Å². The van der Waals surface area contributed by atoms with Crippen molar-refractivity contribution in [1.29, 1.82) is 0 Å². The van der Waals surface area contributed by atoms with Gasteiger partial charge in [-0.05, 0) is 61.1 Å². The number of fused-ring (bicyclic) bond motifs is 1. The largest absolute Gasteiger partial charge is 0.345 e. The summed E-state index contributed by atoms with van der Waals surface area (Å²) < 4.78 is 27.3. The van der Waals surface area contributed by atoms with Crippen LogP contribution in [-0.4, -0.2) is 37.5 Å². The highest BCUT2D eigenvalue weighted by atomic mass is 32.2. The van der Waals surface area contributed by atoms with E-state index in [-0.39, 0.29) is 16.8 Å². The van der Waals surface area contributed by atoms with E-state index >= 15 is 0 Å². The molecule has 1 N–H and O–H groups in total. The molecule has 2 aliphatic heterocycles. The highest BCUT2D eigenvalue weighted by Gasteiger charge is 2.29. The Bertz CT molecular complexity index is 989. The second kappa shape index (κ2) is 8.50. The van der Waals surface area contributed by atoms with Gasteiger partial charge in [-0.15, -0.1) is 11.8 Å². The molecule has 2 aliphatic rings. The van der Waals surface area contributed by atoms with Gasteiger partial charge in [-0.3, -0.25) is 4.79 Å². The van der Waals surface area contributed by atoms with E-state index in [0.717, 1.165) is 30.6 Å². The van der Waals surface area contributed by atoms with Gasteiger partial charge in [-0.2, -0.15) is 4.31 Å². The number of piperidine rings is 1. The van der Waals surface area contributed by atoms with Crippen LogP contribution in [0.15, 0.2) is 58.3 Å². The summed E-state index contributed by atoms with van der Waals surface area (Å²) in [5, 5.41) is 3.11. The molecule has 29 heavy (non-hydrogen) atoms. The number of thioether (sulfide) groups is 1. The first-order valence-electron chi connectivity index (χ1n) is 10.1. The van der Waals surface area contributed by atoms with Crippen LogP contribution >= 0.6 is 11.8 Å². The summed E-state index contributed by atoms with van der Waals surface area (Å²) in [4.78, 5) is 14.2. The molecule has 1 saturated heterocycles. The van der Waals surface area contributed by atoms with Crippen molar-refractivity contribution in [3.05, 3.63) is 59.7 Å². The second-order valence-corrected chi connectivity index (χ2v) is 10.9. The average Bonchev–Trinajstić information content (AvgIpc) is 2.74. The lowest BCUT2D eigenvalue weighted by Gasteiger charge is -2.30. The maximum absolute atomic E-state index is 12.9. The zero-order chi connectivity index (χ0) is 20.4. The normalized spacial score (nSPS) is 22.7. The first kappa shape index (κ1) is 20.4. The molecule has 2 atom stereocenters. The molecule has 1 amide bonds. The Balaban J connectivity index is 1.47. The Kier molecular flexibility index (Phi) is 5.99. The van der Waals surface area contributed by atoms with Gasteiger partial charge < -0.3 is 5.32 Å². The fourth-order valence-electron chi connectivity index (χ4n) is 4.03. The molecule has 0 aliphatic carbocycles. The van der Waals surface area contributed by atoms with E-state index in [1.807, 2.05) is 23.9 Å². The van der Waals surface area contributed by atoms with Gasteiger partial charge in [0.2, 0.25) is 10.0 Å². The van der Waals surface area contributed by atoms with Crippen molar-refractivity contribution in [3.63, 3.8) is 0 Å². The van der Waals surface area contributed by atoms with Crippen LogP contribution in [0, 0.1) is 5.92 Å². The number of hydrogen-bond donors (Lipinski definition) is 1. The first-order valence-corrected chi connectivity index (χ1v) is 12.5. The van der Waals surface area contributed by atoms with Gasteiger partial charge in [0.25, 0.3) is 5.91 Å². The lowest BCUT2D eigenvalue weighted by molar-refractivity contribution is 0.0935. The summed E-state index contributed by atoms with van der Waals surface area (Å²) >= 11 is 1.81. The summed E-state index contributed by atoms with van der Waals surface area (Å²) in [6.07, 6.45) is 2.84. The third-order valence-electron chi connectivity index (χ3n) is 5.64. The fourth-order valence-corrected chi connectivity index (χ4v) is 6.75. The van der Waals surface area contributed by atoms with Gasteiger partial charge >= 0.3 is 0 Å². The Labute approximate surface area is 176 Å². The van der Waals surface area contributed by atoms with Crippen molar-refractivity contribution in [2.24, 2.45) is 5.92 Å². The average molecular weight is 431 g/mol. The Morgan fingerprint density at radius 3 is 2.62 bits per heavy atom. The van der Waals surface area contributed by atoms with Crippen LogP contribution < -0.4 is 5.32 Å². The summed E-state index contributed by atoms with van der Waals surface area (Å²) in [7, 11) is -3.51. The minimum Gasteiger partial charge on any atom is -0.345 e. The second-order valence-electron chi connectivity index (χ2n) is 7.84. The molecule has 0 aromatic heterocycles. The lowest BCUT2D eigenvalue weighted by atomic mass is 10.0. The van der Waals surface area contributed by atoms with E-state index < -0.39 is 10.0 Å². The summed E-state index contributed by atoms with van der Waals surface area (Å²) in [5.41, 5.74) is 1.63. The zero-order valence-electron chi connectivity index (χ0n) is 16.5. The summed E-state index contributed by atoms with van der Waals surface area (Å²) in [6.45, 7) is 3.20.